The number of nitro groups is 1. The second-order valence-electron chi connectivity index (χ2n) is 5.97. The van der Waals surface area contributed by atoms with E-state index in [4.69, 9.17) is 16.3 Å². The lowest BCUT2D eigenvalue weighted by Crippen LogP contribution is -2.39. The predicted octanol–water partition coefficient (Wildman–Crippen LogP) is 4.92. The van der Waals surface area contributed by atoms with Crippen molar-refractivity contribution in [3.05, 3.63) is 63.2 Å². The molecule has 0 aliphatic heterocycles. The first-order valence-electron chi connectivity index (χ1n) is 8.05. The number of non-ortho nitro benzene ring substituents is 1. The zero-order valence-corrected chi connectivity index (χ0v) is 15.4. The van der Waals surface area contributed by atoms with Crippen molar-refractivity contribution in [2.45, 2.75) is 32.9 Å². The molecule has 1 unspecified atom stereocenters. The minimum absolute atomic E-state index is 0.146. The van der Waals surface area contributed by atoms with Crippen molar-refractivity contribution in [1.29, 1.82) is 0 Å². The molecule has 7 nitrogen and oxygen atoms in total. The minimum Gasteiger partial charge on any atom is -0.471 e. The van der Waals surface area contributed by atoms with Gasteiger partial charge in [0.25, 0.3) is 5.69 Å². The number of ether oxygens (including phenoxy) is 1. The molecule has 2 aromatic rings. The van der Waals surface area contributed by atoms with Crippen molar-refractivity contribution < 1.29 is 14.5 Å². The van der Waals surface area contributed by atoms with Gasteiger partial charge < -0.3 is 15.4 Å². The highest BCUT2D eigenvalue weighted by molar-refractivity contribution is 6.33. The van der Waals surface area contributed by atoms with Gasteiger partial charge in [0.05, 0.1) is 15.6 Å². The number of rotatable bonds is 6. The van der Waals surface area contributed by atoms with Gasteiger partial charge in [-0.15, -0.1) is 0 Å². The zero-order valence-electron chi connectivity index (χ0n) is 14.7. The van der Waals surface area contributed by atoms with E-state index in [2.05, 4.69) is 24.5 Å². The Morgan fingerprint density at radius 2 is 1.88 bits per heavy atom. The number of hydrogen-bond donors (Lipinski definition) is 2. The summed E-state index contributed by atoms with van der Waals surface area (Å²) in [7, 11) is 0. The van der Waals surface area contributed by atoms with E-state index < -0.39 is 17.2 Å². The number of nitrogens with one attached hydrogen (secondary N) is 2. The quantitative estimate of drug-likeness (QED) is 0.424. The maximum Gasteiger partial charge on any atom is 0.322 e. The molecule has 0 aliphatic carbocycles. The maximum absolute atomic E-state index is 12.1. The molecule has 0 bridgehead atoms. The Balaban J connectivity index is 2.02. The average Bonchev–Trinajstić information content (AvgIpc) is 2.56. The number of benzene rings is 2. The van der Waals surface area contributed by atoms with E-state index in [1.807, 2.05) is 24.3 Å². The third kappa shape index (κ3) is 5.10. The van der Waals surface area contributed by atoms with E-state index in [1.165, 1.54) is 18.2 Å². The highest BCUT2D eigenvalue weighted by Crippen LogP contribution is 2.27. The van der Waals surface area contributed by atoms with Crippen LogP contribution in [0.5, 0.6) is 5.75 Å². The number of nitro benzene ring substituents is 1. The van der Waals surface area contributed by atoms with Crippen molar-refractivity contribution in [1.82, 2.24) is 5.32 Å². The molecule has 0 saturated carbocycles. The van der Waals surface area contributed by atoms with E-state index in [9.17, 15) is 14.9 Å². The molecule has 138 valence electrons. The standard InChI is InChI=1S/C18H20ClN3O4/c1-11(2)14-6-4-5-7-17(14)26-12(3)20-18(23)21-16-10-13(22(24)25)8-9-15(16)19/h4-12H,1-3H3,(H2,20,21,23). The Hall–Kier alpha value is -2.80. The SMILES string of the molecule is CC(NC(=O)Nc1cc([N+](=O)[O-])ccc1Cl)Oc1ccccc1C(C)C. The van der Waals surface area contributed by atoms with E-state index in [-0.39, 0.29) is 22.3 Å². The lowest BCUT2D eigenvalue weighted by Gasteiger charge is -2.20. The number of amides is 2. The highest BCUT2D eigenvalue weighted by Gasteiger charge is 2.15. The fraction of sp³-hybridized carbons (Fsp3) is 0.278. The molecule has 2 N–H and O–H groups in total. The Morgan fingerprint density at radius 1 is 1.19 bits per heavy atom. The number of anilines is 1. The van der Waals surface area contributed by atoms with Crippen LogP contribution in [0.25, 0.3) is 0 Å². The Morgan fingerprint density at radius 3 is 2.54 bits per heavy atom. The van der Waals surface area contributed by atoms with Gasteiger partial charge in [0.2, 0.25) is 0 Å². The van der Waals surface area contributed by atoms with E-state index in [0.29, 0.717) is 5.75 Å². The number of carbonyl (C=O) groups is 1. The summed E-state index contributed by atoms with van der Waals surface area (Å²) in [5.41, 5.74) is 1.01. The normalized spacial score (nSPS) is 11.7. The van der Waals surface area contributed by atoms with Crippen LogP contribution in [0.15, 0.2) is 42.5 Å². The fourth-order valence-corrected chi connectivity index (χ4v) is 2.52. The summed E-state index contributed by atoms with van der Waals surface area (Å²) in [5, 5.41) is 16.1. The number of hydrogen-bond acceptors (Lipinski definition) is 4. The van der Waals surface area contributed by atoms with Crippen LogP contribution in [0, 0.1) is 10.1 Å². The van der Waals surface area contributed by atoms with Gasteiger partial charge in [0.1, 0.15) is 5.75 Å². The second kappa shape index (κ2) is 8.53. The number of nitrogens with zero attached hydrogens (tertiary/aromatic N) is 1. The molecular formula is C18H20ClN3O4. The van der Waals surface area contributed by atoms with Gasteiger partial charge in [-0.1, -0.05) is 43.6 Å². The summed E-state index contributed by atoms with van der Waals surface area (Å²) in [6, 6.07) is 10.8. The fourth-order valence-electron chi connectivity index (χ4n) is 2.35. The summed E-state index contributed by atoms with van der Waals surface area (Å²) in [5.74, 6) is 0.958. The second-order valence-corrected chi connectivity index (χ2v) is 6.38. The van der Waals surface area contributed by atoms with E-state index in [0.717, 1.165) is 5.56 Å². The van der Waals surface area contributed by atoms with Gasteiger partial charge in [0, 0.05) is 12.1 Å². The van der Waals surface area contributed by atoms with Gasteiger partial charge in [0.15, 0.2) is 6.23 Å². The van der Waals surface area contributed by atoms with Gasteiger partial charge in [-0.25, -0.2) is 4.79 Å². The average molecular weight is 378 g/mol. The van der Waals surface area contributed by atoms with Crippen molar-refractivity contribution >= 4 is 29.0 Å². The van der Waals surface area contributed by atoms with Gasteiger partial charge >= 0.3 is 6.03 Å². The van der Waals surface area contributed by atoms with Crippen LogP contribution < -0.4 is 15.4 Å². The van der Waals surface area contributed by atoms with E-state index in [1.54, 1.807) is 6.92 Å². The number of halogens is 1. The third-order valence-electron chi connectivity index (χ3n) is 3.59. The first kappa shape index (κ1) is 19.5. The Kier molecular flexibility index (Phi) is 6.41. The van der Waals surface area contributed by atoms with Crippen molar-refractivity contribution in [2.24, 2.45) is 0 Å². The molecule has 1 atom stereocenters. The van der Waals surface area contributed by atoms with Crippen LogP contribution >= 0.6 is 11.6 Å². The van der Waals surface area contributed by atoms with Crippen LogP contribution in [0.4, 0.5) is 16.2 Å². The molecule has 0 aliphatic rings. The number of para-hydroxylation sites is 1. The van der Waals surface area contributed by atoms with Crippen molar-refractivity contribution in [3.8, 4) is 5.75 Å². The lowest BCUT2D eigenvalue weighted by molar-refractivity contribution is -0.384. The van der Waals surface area contributed by atoms with Crippen LogP contribution in [-0.2, 0) is 0 Å². The topological polar surface area (TPSA) is 93.5 Å². The molecule has 0 radical (unpaired) electrons. The molecule has 2 aromatic carbocycles. The molecule has 0 spiro atoms. The molecule has 2 rings (SSSR count). The van der Waals surface area contributed by atoms with Gasteiger partial charge in [-0.2, -0.15) is 0 Å². The summed E-state index contributed by atoms with van der Waals surface area (Å²) < 4.78 is 5.79. The first-order valence-corrected chi connectivity index (χ1v) is 8.42. The van der Waals surface area contributed by atoms with Crippen LogP contribution in [0.2, 0.25) is 5.02 Å². The minimum atomic E-state index is -0.618. The third-order valence-corrected chi connectivity index (χ3v) is 3.92. The Labute approximate surface area is 156 Å². The van der Waals surface area contributed by atoms with Crippen LogP contribution in [-0.4, -0.2) is 17.2 Å². The summed E-state index contributed by atoms with van der Waals surface area (Å²) in [6.45, 7) is 5.79. The van der Waals surface area contributed by atoms with Crippen molar-refractivity contribution in [2.75, 3.05) is 5.32 Å². The number of urea groups is 1. The van der Waals surface area contributed by atoms with Crippen molar-refractivity contribution in [3.63, 3.8) is 0 Å². The smallest absolute Gasteiger partial charge is 0.322 e. The predicted molar refractivity (Wildman–Crippen MR) is 101 cm³/mol. The Bertz CT molecular complexity index is 811. The molecule has 0 fully saturated rings. The largest absolute Gasteiger partial charge is 0.471 e. The maximum atomic E-state index is 12.1. The van der Waals surface area contributed by atoms with Gasteiger partial charge in [-0.05, 0) is 30.5 Å². The molecule has 0 saturated heterocycles. The lowest BCUT2D eigenvalue weighted by atomic mass is 10.0. The molecule has 26 heavy (non-hydrogen) atoms. The van der Waals surface area contributed by atoms with Crippen LogP contribution in [0.1, 0.15) is 32.3 Å². The molecular weight excluding hydrogens is 358 g/mol. The van der Waals surface area contributed by atoms with Crippen LogP contribution in [0.3, 0.4) is 0 Å². The first-order chi connectivity index (χ1) is 12.3. The van der Waals surface area contributed by atoms with E-state index >= 15 is 0 Å². The zero-order chi connectivity index (χ0) is 19.3. The highest BCUT2D eigenvalue weighted by atomic mass is 35.5. The monoisotopic (exact) mass is 377 g/mol. The molecule has 8 heteroatoms. The number of carbonyl (C=O) groups excluding carboxylic acids is 1. The molecule has 0 heterocycles. The summed E-state index contributed by atoms with van der Waals surface area (Å²) >= 11 is 5.97. The summed E-state index contributed by atoms with van der Waals surface area (Å²) in [4.78, 5) is 22.4. The van der Waals surface area contributed by atoms with Gasteiger partial charge in [-0.3, -0.25) is 10.1 Å². The molecule has 0 aromatic heterocycles. The molecule has 2 amide bonds. The summed E-state index contributed by atoms with van der Waals surface area (Å²) in [6.07, 6.45) is -0.618.